The van der Waals surface area contributed by atoms with E-state index < -0.39 is 0 Å². The smallest absolute Gasteiger partial charge is 0.227 e. The van der Waals surface area contributed by atoms with Gasteiger partial charge in [0.15, 0.2) is 0 Å². The first-order valence-electron chi connectivity index (χ1n) is 9.94. The molecule has 1 aromatic carbocycles. The number of anilines is 2. The molecule has 4 rings (SSSR count). The number of benzene rings is 1. The largest absolute Gasteiger partial charge is 0.492 e. The van der Waals surface area contributed by atoms with Crippen molar-refractivity contribution in [2.24, 2.45) is 5.92 Å². The van der Waals surface area contributed by atoms with Crippen LogP contribution in [0.2, 0.25) is 0 Å². The Balaban J connectivity index is 1.43. The van der Waals surface area contributed by atoms with Gasteiger partial charge >= 0.3 is 0 Å². The maximum Gasteiger partial charge on any atom is 0.227 e. The summed E-state index contributed by atoms with van der Waals surface area (Å²) in [4.78, 5) is 24.3. The molecule has 1 fully saturated rings. The van der Waals surface area contributed by atoms with Gasteiger partial charge in [-0.05, 0) is 43.9 Å². The number of amides is 1. The SMILES string of the molecule is CCOc1ccccc1NC(=O)[C@@H]1CCc2nc(N3CCOCC3)ncc2C1. The topological polar surface area (TPSA) is 76.6 Å². The van der Waals surface area contributed by atoms with Gasteiger partial charge in [-0.2, -0.15) is 0 Å². The Morgan fingerprint density at radius 3 is 2.96 bits per heavy atom. The fourth-order valence-electron chi connectivity index (χ4n) is 3.72. The van der Waals surface area contributed by atoms with E-state index in [2.05, 4.69) is 15.2 Å². The molecule has 1 aliphatic carbocycles. The Morgan fingerprint density at radius 2 is 2.14 bits per heavy atom. The minimum Gasteiger partial charge on any atom is -0.492 e. The number of carbonyl (C=O) groups excluding carboxylic acids is 1. The summed E-state index contributed by atoms with van der Waals surface area (Å²) in [5, 5.41) is 3.03. The first kappa shape index (κ1) is 18.7. The van der Waals surface area contributed by atoms with Gasteiger partial charge in [0.2, 0.25) is 11.9 Å². The quantitative estimate of drug-likeness (QED) is 0.856. The number of hydrogen-bond donors (Lipinski definition) is 1. The summed E-state index contributed by atoms with van der Waals surface area (Å²) in [6, 6.07) is 7.55. The van der Waals surface area contributed by atoms with E-state index in [4.69, 9.17) is 14.5 Å². The lowest BCUT2D eigenvalue weighted by molar-refractivity contribution is -0.120. The Kier molecular flexibility index (Phi) is 5.71. The van der Waals surface area contributed by atoms with Crippen molar-refractivity contribution in [1.29, 1.82) is 0 Å². The summed E-state index contributed by atoms with van der Waals surface area (Å²) in [6.07, 6.45) is 4.14. The van der Waals surface area contributed by atoms with Crippen molar-refractivity contribution < 1.29 is 14.3 Å². The number of morpholine rings is 1. The van der Waals surface area contributed by atoms with Crippen molar-refractivity contribution in [2.45, 2.75) is 26.2 Å². The van der Waals surface area contributed by atoms with Gasteiger partial charge in [-0.25, -0.2) is 9.97 Å². The van der Waals surface area contributed by atoms with Crippen molar-refractivity contribution >= 4 is 17.5 Å². The number of rotatable bonds is 5. The minimum absolute atomic E-state index is 0.0232. The molecule has 1 aromatic heterocycles. The first-order chi connectivity index (χ1) is 13.7. The summed E-state index contributed by atoms with van der Waals surface area (Å²) >= 11 is 0. The third-order valence-corrected chi connectivity index (χ3v) is 5.25. The van der Waals surface area contributed by atoms with Crippen LogP contribution in [0, 0.1) is 5.92 Å². The van der Waals surface area contributed by atoms with E-state index in [0.29, 0.717) is 32.0 Å². The van der Waals surface area contributed by atoms with Gasteiger partial charge in [0.05, 0.1) is 25.5 Å². The van der Waals surface area contributed by atoms with E-state index in [9.17, 15) is 4.79 Å². The van der Waals surface area contributed by atoms with Gasteiger partial charge in [0.1, 0.15) is 5.75 Å². The average molecular weight is 382 g/mol. The van der Waals surface area contributed by atoms with E-state index in [0.717, 1.165) is 48.8 Å². The van der Waals surface area contributed by atoms with Gasteiger partial charge in [-0.1, -0.05) is 12.1 Å². The van der Waals surface area contributed by atoms with Crippen LogP contribution >= 0.6 is 0 Å². The van der Waals surface area contributed by atoms with Crippen molar-refractivity contribution in [3.63, 3.8) is 0 Å². The normalized spacial score (nSPS) is 19.0. The molecule has 0 radical (unpaired) electrons. The van der Waals surface area contributed by atoms with Crippen molar-refractivity contribution in [1.82, 2.24) is 9.97 Å². The van der Waals surface area contributed by atoms with E-state index in [1.54, 1.807) is 0 Å². The van der Waals surface area contributed by atoms with Gasteiger partial charge in [0, 0.05) is 30.9 Å². The Hall–Kier alpha value is -2.67. The van der Waals surface area contributed by atoms with Crippen LogP contribution in [-0.2, 0) is 22.4 Å². The fourth-order valence-corrected chi connectivity index (χ4v) is 3.72. The molecule has 1 aliphatic heterocycles. The highest BCUT2D eigenvalue weighted by molar-refractivity contribution is 5.94. The monoisotopic (exact) mass is 382 g/mol. The highest BCUT2D eigenvalue weighted by atomic mass is 16.5. The number of hydrogen-bond acceptors (Lipinski definition) is 6. The summed E-state index contributed by atoms with van der Waals surface area (Å²) in [7, 11) is 0. The van der Waals surface area contributed by atoms with Crippen LogP contribution in [0.15, 0.2) is 30.5 Å². The van der Waals surface area contributed by atoms with Gasteiger partial charge in [0.25, 0.3) is 0 Å². The summed E-state index contributed by atoms with van der Waals surface area (Å²) in [5.41, 5.74) is 2.86. The van der Waals surface area contributed by atoms with Crippen LogP contribution < -0.4 is 15.0 Å². The molecule has 0 bridgehead atoms. The second-order valence-corrected chi connectivity index (χ2v) is 7.10. The number of fused-ring (bicyclic) bond motifs is 1. The zero-order valence-corrected chi connectivity index (χ0v) is 16.2. The molecule has 2 heterocycles. The molecule has 0 saturated carbocycles. The highest BCUT2D eigenvalue weighted by Crippen LogP contribution is 2.29. The van der Waals surface area contributed by atoms with Crippen LogP contribution in [0.25, 0.3) is 0 Å². The van der Waals surface area contributed by atoms with Crippen LogP contribution in [0.3, 0.4) is 0 Å². The molecule has 1 N–H and O–H groups in total. The van der Waals surface area contributed by atoms with Crippen LogP contribution in [0.1, 0.15) is 24.6 Å². The number of aryl methyl sites for hydroxylation is 1. The minimum atomic E-state index is -0.0833. The third kappa shape index (κ3) is 4.09. The van der Waals surface area contributed by atoms with E-state index >= 15 is 0 Å². The third-order valence-electron chi connectivity index (χ3n) is 5.25. The molecule has 0 unspecified atom stereocenters. The molecule has 0 spiro atoms. The molecule has 7 nitrogen and oxygen atoms in total. The summed E-state index contributed by atoms with van der Waals surface area (Å²) < 4.78 is 11.0. The maximum atomic E-state index is 12.8. The van der Waals surface area contributed by atoms with Gasteiger partial charge in [-0.15, -0.1) is 0 Å². The fraction of sp³-hybridized carbons (Fsp3) is 0.476. The van der Waals surface area contributed by atoms with Crippen molar-refractivity contribution in [3.8, 4) is 5.75 Å². The van der Waals surface area contributed by atoms with Crippen molar-refractivity contribution in [3.05, 3.63) is 41.7 Å². The zero-order chi connectivity index (χ0) is 19.3. The summed E-state index contributed by atoms with van der Waals surface area (Å²) in [6.45, 7) is 5.57. The predicted octanol–water partition coefficient (Wildman–Crippen LogP) is 2.46. The number of ether oxygens (including phenoxy) is 2. The van der Waals surface area contributed by atoms with Crippen LogP contribution in [0.4, 0.5) is 11.6 Å². The number of para-hydroxylation sites is 2. The maximum absolute atomic E-state index is 12.8. The second kappa shape index (κ2) is 8.56. The molecule has 28 heavy (non-hydrogen) atoms. The molecule has 1 amide bonds. The van der Waals surface area contributed by atoms with Gasteiger partial charge < -0.3 is 19.7 Å². The molecule has 2 aliphatic rings. The lowest BCUT2D eigenvalue weighted by atomic mass is 9.86. The van der Waals surface area contributed by atoms with E-state index in [-0.39, 0.29) is 11.8 Å². The lowest BCUT2D eigenvalue weighted by Gasteiger charge is -2.29. The summed E-state index contributed by atoms with van der Waals surface area (Å²) in [5.74, 6) is 1.42. The standard InChI is InChI=1S/C21H26N4O3/c1-2-28-19-6-4-3-5-18(19)23-20(26)15-7-8-17-16(13-15)14-22-21(24-17)25-9-11-27-12-10-25/h3-6,14-15H,2,7-13H2,1H3,(H,23,26)/t15-/m1/s1. The highest BCUT2D eigenvalue weighted by Gasteiger charge is 2.27. The molecule has 1 atom stereocenters. The van der Waals surface area contributed by atoms with Crippen LogP contribution in [0.5, 0.6) is 5.75 Å². The Labute approximate surface area is 165 Å². The molecule has 1 saturated heterocycles. The van der Waals surface area contributed by atoms with Gasteiger partial charge in [-0.3, -0.25) is 4.79 Å². The van der Waals surface area contributed by atoms with Crippen molar-refractivity contribution in [2.75, 3.05) is 43.1 Å². The Bertz CT molecular complexity index is 836. The predicted molar refractivity (Wildman–Crippen MR) is 107 cm³/mol. The Morgan fingerprint density at radius 1 is 1.32 bits per heavy atom. The molecule has 148 valence electrons. The van der Waals surface area contributed by atoms with E-state index in [1.807, 2.05) is 37.4 Å². The number of nitrogens with one attached hydrogen (secondary N) is 1. The molecule has 2 aromatic rings. The average Bonchev–Trinajstić information content (AvgIpc) is 2.75. The lowest BCUT2D eigenvalue weighted by Crippen LogP contribution is -2.38. The molecule has 7 heteroatoms. The number of nitrogens with zero attached hydrogens (tertiary/aromatic N) is 3. The molecular weight excluding hydrogens is 356 g/mol. The van der Waals surface area contributed by atoms with Crippen LogP contribution in [-0.4, -0.2) is 48.8 Å². The zero-order valence-electron chi connectivity index (χ0n) is 16.2. The van der Waals surface area contributed by atoms with E-state index in [1.165, 1.54) is 0 Å². The number of aromatic nitrogens is 2. The number of carbonyl (C=O) groups is 1. The molecular formula is C21H26N4O3. The first-order valence-corrected chi connectivity index (χ1v) is 9.94. The second-order valence-electron chi connectivity index (χ2n) is 7.10.